The third kappa shape index (κ3) is 3.98. The van der Waals surface area contributed by atoms with Crippen LogP contribution in [0.15, 0.2) is 24.4 Å². The number of nitrogens with two attached hydrogens (primary N) is 1. The summed E-state index contributed by atoms with van der Waals surface area (Å²) < 4.78 is 0. The fourth-order valence-electron chi connectivity index (χ4n) is 0.953. The molecule has 1 aromatic heterocycles. The Bertz CT molecular complexity index is 228. The molecule has 0 fully saturated rings. The van der Waals surface area contributed by atoms with Gasteiger partial charge >= 0.3 is 0 Å². The van der Waals surface area contributed by atoms with Gasteiger partial charge in [-0.3, -0.25) is 4.98 Å². The van der Waals surface area contributed by atoms with Crippen molar-refractivity contribution in [2.45, 2.75) is 12.6 Å². The lowest BCUT2D eigenvalue weighted by atomic mass is 10.3. The van der Waals surface area contributed by atoms with E-state index in [1.807, 2.05) is 18.2 Å². The molecule has 0 spiro atoms. The van der Waals surface area contributed by atoms with Crippen molar-refractivity contribution in [2.24, 2.45) is 5.73 Å². The number of rotatable bonds is 5. The van der Waals surface area contributed by atoms with E-state index in [-0.39, 0.29) is 12.6 Å². The molecule has 1 atom stereocenters. The van der Waals surface area contributed by atoms with Gasteiger partial charge < -0.3 is 16.2 Å². The van der Waals surface area contributed by atoms with E-state index >= 15 is 0 Å². The largest absolute Gasteiger partial charge is 0.395 e. The topological polar surface area (TPSA) is 71.2 Å². The molecule has 0 aromatic carbocycles. The maximum atomic E-state index is 8.65. The van der Waals surface area contributed by atoms with E-state index in [0.717, 1.165) is 5.69 Å². The van der Waals surface area contributed by atoms with Crippen LogP contribution in [0.4, 0.5) is 0 Å². The minimum atomic E-state index is -0.191. The number of aliphatic hydroxyl groups is 1. The fourth-order valence-corrected chi connectivity index (χ4v) is 0.953. The number of aromatic nitrogens is 1. The third-order valence-corrected chi connectivity index (χ3v) is 1.67. The lowest BCUT2D eigenvalue weighted by molar-refractivity contribution is 0.262. The van der Waals surface area contributed by atoms with Crippen LogP contribution in [0.1, 0.15) is 5.69 Å². The fraction of sp³-hybridized carbons (Fsp3) is 0.444. The summed E-state index contributed by atoms with van der Waals surface area (Å²) >= 11 is 0. The van der Waals surface area contributed by atoms with Gasteiger partial charge in [-0.05, 0) is 12.1 Å². The van der Waals surface area contributed by atoms with Crippen LogP contribution in [-0.4, -0.2) is 29.3 Å². The molecule has 72 valence electrons. The molecule has 4 heteroatoms. The van der Waals surface area contributed by atoms with Crippen molar-refractivity contribution < 1.29 is 5.11 Å². The smallest absolute Gasteiger partial charge is 0.0594 e. The summed E-state index contributed by atoms with van der Waals surface area (Å²) in [6, 6.07) is 5.57. The SMILES string of the molecule is NC(CO)CNCc1ccccn1. The first kappa shape index (κ1) is 10.1. The van der Waals surface area contributed by atoms with Gasteiger partial charge in [0.2, 0.25) is 0 Å². The molecule has 4 N–H and O–H groups in total. The van der Waals surface area contributed by atoms with E-state index in [0.29, 0.717) is 13.1 Å². The molecule has 0 bridgehead atoms. The van der Waals surface area contributed by atoms with Crippen molar-refractivity contribution in [1.29, 1.82) is 0 Å². The number of pyridine rings is 1. The molecule has 1 heterocycles. The molecule has 0 aliphatic heterocycles. The van der Waals surface area contributed by atoms with Crippen LogP contribution in [0.5, 0.6) is 0 Å². The predicted octanol–water partition coefficient (Wildman–Crippen LogP) is -0.509. The number of nitrogens with zero attached hydrogens (tertiary/aromatic N) is 1. The highest BCUT2D eigenvalue weighted by atomic mass is 16.3. The second-order valence-electron chi connectivity index (χ2n) is 2.89. The second kappa shape index (κ2) is 5.64. The van der Waals surface area contributed by atoms with Crippen molar-refractivity contribution in [1.82, 2.24) is 10.3 Å². The minimum Gasteiger partial charge on any atom is -0.395 e. The molecular formula is C9H15N3O. The van der Waals surface area contributed by atoms with Crippen molar-refractivity contribution in [3.05, 3.63) is 30.1 Å². The Kier molecular flexibility index (Phi) is 4.39. The van der Waals surface area contributed by atoms with Gasteiger partial charge in [0, 0.05) is 25.3 Å². The van der Waals surface area contributed by atoms with Crippen molar-refractivity contribution in [3.63, 3.8) is 0 Å². The lowest BCUT2D eigenvalue weighted by Gasteiger charge is -2.08. The zero-order valence-electron chi connectivity index (χ0n) is 7.48. The molecule has 1 unspecified atom stereocenters. The molecule has 4 nitrogen and oxygen atoms in total. The Morgan fingerprint density at radius 2 is 2.38 bits per heavy atom. The van der Waals surface area contributed by atoms with E-state index in [1.54, 1.807) is 6.20 Å². The summed E-state index contributed by atoms with van der Waals surface area (Å²) in [5.41, 5.74) is 6.48. The normalized spacial score (nSPS) is 12.8. The van der Waals surface area contributed by atoms with E-state index in [9.17, 15) is 0 Å². The standard InChI is InChI=1S/C9H15N3O/c10-8(7-13)5-11-6-9-3-1-2-4-12-9/h1-4,8,11,13H,5-7,10H2. The van der Waals surface area contributed by atoms with Gasteiger partial charge in [-0.1, -0.05) is 6.07 Å². The molecule has 0 aliphatic carbocycles. The summed E-state index contributed by atoms with van der Waals surface area (Å²) in [5, 5.41) is 11.8. The lowest BCUT2D eigenvalue weighted by Crippen LogP contribution is -2.36. The van der Waals surface area contributed by atoms with E-state index < -0.39 is 0 Å². The van der Waals surface area contributed by atoms with Gasteiger partial charge in [0.15, 0.2) is 0 Å². The average molecular weight is 181 g/mol. The van der Waals surface area contributed by atoms with Crippen LogP contribution in [0.3, 0.4) is 0 Å². The summed E-state index contributed by atoms with van der Waals surface area (Å²) in [6.07, 6.45) is 1.75. The molecular weight excluding hydrogens is 166 g/mol. The number of aliphatic hydroxyl groups excluding tert-OH is 1. The Morgan fingerprint density at radius 3 is 3.00 bits per heavy atom. The minimum absolute atomic E-state index is 0.00915. The van der Waals surface area contributed by atoms with E-state index in [1.165, 1.54) is 0 Å². The first-order valence-electron chi connectivity index (χ1n) is 4.30. The molecule has 0 saturated heterocycles. The van der Waals surface area contributed by atoms with Crippen LogP contribution in [-0.2, 0) is 6.54 Å². The van der Waals surface area contributed by atoms with Gasteiger partial charge in [0.1, 0.15) is 0 Å². The Labute approximate surface area is 77.8 Å². The summed E-state index contributed by atoms with van der Waals surface area (Å²) in [5.74, 6) is 0. The highest BCUT2D eigenvalue weighted by Crippen LogP contribution is 1.91. The Balaban J connectivity index is 2.20. The van der Waals surface area contributed by atoms with Crippen LogP contribution in [0.2, 0.25) is 0 Å². The Morgan fingerprint density at radius 1 is 1.54 bits per heavy atom. The van der Waals surface area contributed by atoms with Gasteiger partial charge in [0.25, 0.3) is 0 Å². The molecule has 0 aliphatic rings. The highest BCUT2D eigenvalue weighted by Gasteiger charge is 1.98. The van der Waals surface area contributed by atoms with Crippen LogP contribution in [0.25, 0.3) is 0 Å². The quantitative estimate of drug-likeness (QED) is 0.572. The van der Waals surface area contributed by atoms with Gasteiger partial charge in [-0.2, -0.15) is 0 Å². The summed E-state index contributed by atoms with van der Waals surface area (Å²) in [4.78, 5) is 4.14. The summed E-state index contributed by atoms with van der Waals surface area (Å²) in [6.45, 7) is 1.30. The van der Waals surface area contributed by atoms with Crippen LogP contribution < -0.4 is 11.1 Å². The molecule has 1 rings (SSSR count). The van der Waals surface area contributed by atoms with Crippen molar-refractivity contribution in [2.75, 3.05) is 13.2 Å². The zero-order valence-corrected chi connectivity index (χ0v) is 7.48. The maximum absolute atomic E-state index is 8.65. The molecule has 13 heavy (non-hydrogen) atoms. The van der Waals surface area contributed by atoms with E-state index in [4.69, 9.17) is 10.8 Å². The predicted molar refractivity (Wildman–Crippen MR) is 51.0 cm³/mol. The van der Waals surface area contributed by atoms with Crippen LogP contribution >= 0.6 is 0 Å². The number of nitrogens with one attached hydrogen (secondary N) is 1. The van der Waals surface area contributed by atoms with Crippen LogP contribution in [0, 0.1) is 0 Å². The maximum Gasteiger partial charge on any atom is 0.0594 e. The number of hydrogen-bond donors (Lipinski definition) is 3. The molecule has 0 amide bonds. The number of hydrogen-bond acceptors (Lipinski definition) is 4. The molecule has 0 saturated carbocycles. The zero-order chi connectivity index (χ0) is 9.52. The monoisotopic (exact) mass is 181 g/mol. The molecule has 1 aromatic rings. The van der Waals surface area contributed by atoms with Gasteiger partial charge in [0.05, 0.1) is 12.3 Å². The third-order valence-electron chi connectivity index (χ3n) is 1.67. The van der Waals surface area contributed by atoms with E-state index in [2.05, 4.69) is 10.3 Å². The average Bonchev–Trinajstić information content (AvgIpc) is 2.19. The van der Waals surface area contributed by atoms with Gasteiger partial charge in [-0.25, -0.2) is 0 Å². The highest BCUT2D eigenvalue weighted by molar-refractivity contribution is 5.02. The van der Waals surface area contributed by atoms with Crippen molar-refractivity contribution in [3.8, 4) is 0 Å². The first-order chi connectivity index (χ1) is 6.33. The Hall–Kier alpha value is -0.970. The van der Waals surface area contributed by atoms with Crippen molar-refractivity contribution >= 4 is 0 Å². The first-order valence-corrected chi connectivity index (χ1v) is 4.30. The second-order valence-corrected chi connectivity index (χ2v) is 2.89. The summed E-state index contributed by atoms with van der Waals surface area (Å²) in [7, 11) is 0. The molecule has 0 radical (unpaired) electrons. The van der Waals surface area contributed by atoms with Gasteiger partial charge in [-0.15, -0.1) is 0 Å².